The summed E-state index contributed by atoms with van der Waals surface area (Å²) in [6.07, 6.45) is 5.44. The van der Waals surface area contributed by atoms with Gasteiger partial charge in [0, 0.05) is 24.6 Å². The quantitative estimate of drug-likeness (QED) is 0.402. The van der Waals surface area contributed by atoms with Crippen LogP contribution >= 0.6 is 23.2 Å². The summed E-state index contributed by atoms with van der Waals surface area (Å²) in [6, 6.07) is 5.40. The number of nitriles is 1. The fourth-order valence-electron chi connectivity index (χ4n) is 5.14. The molecule has 1 aliphatic heterocycles. The Labute approximate surface area is 224 Å². The molecule has 1 saturated heterocycles. The Kier molecular flexibility index (Phi) is 7.38. The van der Waals surface area contributed by atoms with Crippen molar-refractivity contribution >= 4 is 57.9 Å². The molecule has 1 amide bonds. The van der Waals surface area contributed by atoms with Crippen molar-refractivity contribution in [3.8, 4) is 6.07 Å². The van der Waals surface area contributed by atoms with Crippen molar-refractivity contribution in [3.63, 3.8) is 0 Å². The molecular weight excluding hydrogens is 515 g/mol. The highest BCUT2D eigenvalue weighted by atomic mass is 35.5. The summed E-state index contributed by atoms with van der Waals surface area (Å²) in [5.41, 5.74) is 7.67. The molecule has 37 heavy (non-hydrogen) atoms. The van der Waals surface area contributed by atoms with E-state index in [0.29, 0.717) is 76.3 Å². The molecule has 5 rings (SSSR count). The minimum atomic E-state index is -0.261. The first-order chi connectivity index (χ1) is 17.8. The molecule has 3 heterocycles. The van der Waals surface area contributed by atoms with Gasteiger partial charge in [0.2, 0.25) is 17.8 Å². The number of aromatic nitrogens is 4. The minimum absolute atomic E-state index is 0.0313. The second kappa shape index (κ2) is 10.7. The SMILES string of the molecule is C[C@@H]1COCC[C@H]1Nc1ncc2nc(Nc3c(Cl)cc(C#N)cc3Cl)n([C@H]3CC[C@@H](C(N)=O)CC3)c2n1. The van der Waals surface area contributed by atoms with Crippen molar-refractivity contribution in [2.75, 3.05) is 23.8 Å². The van der Waals surface area contributed by atoms with Gasteiger partial charge in [-0.3, -0.25) is 9.36 Å². The van der Waals surface area contributed by atoms with Gasteiger partial charge in [0.1, 0.15) is 5.52 Å². The van der Waals surface area contributed by atoms with E-state index in [1.165, 1.54) is 0 Å². The maximum atomic E-state index is 11.8. The Hall–Kier alpha value is -3.13. The summed E-state index contributed by atoms with van der Waals surface area (Å²) in [6.45, 7) is 3.54. The predicted molar refractivity (Wildman–Crippen MR) is 142 cm³/mol. The van der Waals surface area contributed by atoms with Crippen molar-refractivity contribution in [2.45, 2.75) is 51.1 Å². The van der Waals surface area contributed by atoms with E-state index in [-0.39, 0.29) is 23.9 Å². The van der Waals surface area contributed by atoms with Crippen LogP contribution in [0.2, 0.25) is 10.0 Å². The number of nitrogens with two attached hydrogens (primary N) is 1. The van der Waals surface area contributed by atoms with Gasteiger partial charge in [0.15, 0.2) is 5.65 Å². The van der Waals surface area contributed by atoms with Gasteiger partial charge in [0.25, 0.3) is 0 Å². The number of fused-ring (bicyclic) bond motifs is 1. The number of ether oxygens (including phenoxy) is 1. The molecule has 2 atom stereocenters. The maximum Gasteiger partial charge on any atom is 0.224 e. The molecule has 0 bridgehead atoms. The van der Waals surface area contributed by atoms with Crippen LogP contribution in [0.5, 0.6) is 0 Å². The lowest BCUT2D eigenvalue weighted by Crippen LogP contribution is -2.36. The summed E-state index contributed by atoms with van der Waals surface area (Å²) in [5.74, 6) is 0.977. The van der Waals surface area contributed by atoms with Crippen molar-refractivity contribution < 1.29 is 9.53 Å². The van der Waals surface area contributed by atoms with Crippen molar-refractivity contribution in [1.29, 1.82) is 5.26 Å². The van der Waals surface area contributed by atoms with Gasteiger partial charge in [-0.15, -0.1) is 0 Å². The van der Waals surface area contributed by atoms with E-state index in [4.69, 9.17) is 43.6 Å². The molecule has 0 spiro atoms. The number of nitrogens with zero attached hydrogens (tertiary/aromatic N) is 5. The topological polar surface area (TPSA) is 144 Å². The molecule has 0 radical (unpaired) electrons. The van der Waals surface area contributed by atoms with E-state index in [1.807, 2.05) is 4.57 Å². The van der Waals surface area contributed by atoms with Crippen molar-refractivity contribution in [3.05, 3.63) is 33.9 Å². The molecule has 10 nitrogen and oxygen atoms in total. The Balaban J connectivity index is 1.53. The monoisotopic (exact) mass is 542 g/mol. The fourth-order valence-corrected chi connectivity index (χ4v) is 5.72. The number of benzene rings is 1. The fraction of sp³-hybridized carbons (Fsp3) is 0.480. The molecule has 2 aliphatic rings. The number of carbonyl (C=O) groups is 1. The number of rotatable bonds is 6. The summed E-state index contributed by atoms with van der Waals surface area (Å²) >= 11 is 12.9. The lowest BCUT2D eigenvalue weighted by Gasteiger charge is -2.30. The molecule has 0 unspecified atom stereocenters. The zero-order valence-corrected chi connectivity index (χ0v) is 21.9. The van der Waals surface area contributed by atoms with E-state index < -0.39 is 0 Å². The summed E-state index contributed by atoms with van der Waals surface area (Å²) in [5, 5.41) is 16.6. The average Bonchev–Trinajstić information content (AvgIpc) is 3.24. The number of hydrogen-bond acceptors (Lipinski definition) is 8. The number of primary amides is 1. The lowest BCUT2D eigenvalue weighted by molar-refractivity contribution is -0.122. The van der Waals surface area contributed by atoms with E-state index in [1.54, 1.807) is 18.3 Å². The number of amides is 1. The molecular formula is C25H28Cl2N8O2. The van der Waals surface area contributed by atoms with Crippen LogP contribution in [-0.2, 0) is 9.53 Å². The number of imidazole rings is 1. The van der Waals surface area contributed by atoms with Gasteiger partial charge in [-0.2, -0.15) is 10.2 Å². The largest absolute Gasteiger partial charge is 0.381 e. The Bertz CT molecular complexity index is 1340. The third-order valence-corrected chi connectivity index (χ3v) is 7.86. The molecule has 2 aromatic heterocycles. The Morgan fingerprint density at radius 2 is 1.92 bits per heavy atom. The van der Waals surface area contributed by atoms with E-state index in [2.05, 4.69) is 28.6 Å². The highest BCUT2D eigenvalue weighted by molar-refractivity contribution is 6.39. The lowest BCUT2D eigenvalue weighted by atomic mass is 9.85. The first-order valence-corrected chi connectivity index (χ1v) is 13.1. The van der Waals surface area contributed by atoms with E-state index in [0.717, 1.165) is 19.3 Å². The van der Waals surface area contributed by atoms with E-state index in [9.17, 15) is 10.1 Å². The molecule has 2 fully saturated rings. The normalized spacial score (nSPS) is 23.9. The van der Waals surface area contributed by atoms with Gasteiger partial charge in [-0.25, -0.2) is 9.97 Å². The van der Waals surface area contributed by atoms with Crippen LogP contribution in [0.15, 0.2) is 18.3 Å². The molecule has 12 heteroatoms. The highest BCUT2D eigenvalue weighted by Crippen LogP contribution is 2.39. The molecule has 4 N–H and O–H groups in total. The minimum Gasteiger partial charge on any atom is -0.381 e. The maximum absolute atomic E-state index is 11.8. The van der Waals surface area contributed by atoms with Crippen LogP contribution in [0.1, 0.15) is 50.6 Å². The zero-order chi connectivity index (χ0) is 26.1. The van der Waals surface area contributed by atoms with Crippen molar-refractivity contribution in [1.82, 2.24) is 19.5 Å². The molecule has 1 saturated carbocycles. The predicted octanol–water partition coefficient (Wildman–Crippen LogP) is 4.80. The standard InChI is InChI=1S/C25H28Cl2N8O2/c1-13-12-37-7-6-19(13)31-24-30-11-20-23(34-24)35(16-4-2-15(3-5-16)22(29)36)25(32-20)33-21-17(26)8-14(10-28)9-18(21)27/h8-9,11,13,15-16,19H,2-7,12H2,1H3,(H2,29,36)(H,32,33)(H,30,31,34)/t13-,15-,16+,19-/m1/s1. The number of hydrogen-bond donors (Lipinski definition) is 3. The van der Waals surface area contributed by atoms with Gasteiger partial charge in [-0.05, 0) is 50.2 Å². The molecule has 3 aromatic rings. The van der Waals surface area contributed by atoms with Crippen LogP contribution in [0, 0.1) is 23.2 Å². The zero-order valence-electron chi connectivity index (χ0n) is 20.4. The first kappa shape index (κ1) is 25.5. The second-order valence-corrected chi connectivity index (χ2v) is 10.6. The van der Waals surface area contributed by atoms with Gasteiger partial charge in [-0.1, -0.05) is 30.1 Å². The average molecular weight is 543 g/mol. The van der Waals surface area contributed by atoms with Crippen LogP contribution in [0.4, 0.5) is 17.6 Å². The number of anilines is 3. The van der Waals surface area contributed by atoms with Gasteiger partial charge < -0.3 is 21.1 Å². The summed E-state index contributed by atoms with van der Waals surface area (Å²) < 4.78 is 7.60. The van der Waals surface area contributed by atoms with Crippen LogP contribution < -0.4 is 16.4 Å². The molecule has 1 aliphatic carbocycles. The third kappa shape index (κ3) is 5.30. The third-order valence-electron chi connectivity index (χ3n) is 7.26. The Morgan fingerprint density at radius 3 is 2.57 bits per heavy atom. The highest BCUT2D eigenvalue weighted by Gasteiger charge is 2.30. The van der Waals surface area contributed by atoms with Gasteiger partial charge in [0.05, 0.1) is 40.2 Å². The number of carbonyl (C=O) groups excluding carboxylic acids is 1. The van der Waals surface area contributed by atoms with Crippen LogP contribution in [0.3, 0.4) is 0 Å². The first-order valence-electron chi connectivity index (χ1n) is 12.4. The van der Waals surface area contributed by atoms with Crippen molar-refractivity contribution in [2.24, 2.45) is 17.6 Å². The number of halogens is 2. The second-order valence-electron chi connectivity index (χ2n) is 9.76. The van der Waals surface area contributed by atoms with Gasteiger partial charge >= 0.3 is 0 Å². The number of nitrogens with one attached hydrogen (secondary N) is 2. The molecule has 194 valence electrons. The smallest absolute Gasteiger partial charge is 0.224 e. The van der Waals surface area contributed by atoms with Crippen LogP contribution in [0.25, 0.3) is 11.2 Å². The summed E-state index contributed by atoms with van der Waals surface area (Å²) in [7, 11) is 0. The van der Waals surface area contributed by atoms with Crippen LogP contribution in [-0.4, -0.2) is 44.7 Å². The summed E-state index contributed by atoms with van der Waals surface area (Å²) in [4.78, 5) is 25.9. The van der Waals surface area contributed by atoms with E-state index >= 15 is 0 Å². The molecule has 1 aromatic carbocycles. The Morgan fingerprint density at radius 1 is 1.19 bits per heavy atom.